The third kappa shape index (κ3) is 3.60. The third-order valence-electron chi connectivity index (χ3n) is 4.82. The van der Waals surface area contributed by atoms with Crippen LogP contribution in [0.25, 0.3) is 21.2 Å². The lowest BCUT2D eigenvalue weighted by Crippen LogP contribution is -2.20. The van der Waals surface area contributed by atoms with E-state index in [9.17, 15) is 0 Å². The van der Waals surface area contributed by atoms with Crippen molar-refractivity contribution in [3.63, 3.8) is 0 Å². The van der Waals surface area contributed by atoms with Crippen molar-refractivity contribution in [2.24, 2.45) is 0 Å². The van der Waals surface area contributed by atoms with Crippen LogP contribution in [0.1, 0.15) is 29.8 Å². The summed E-state index contributed by atoms with van der Waals surface area (Å²) < 4.78 is 1.40. The zero-order valence-electron chi connectivity index (χ0n) is 14.5. The fraction of sp³-hybridized carbons (Fsp3) is 0.217. The van der Waals surface area contributed by atoms with E-state index in [-0.39, 0.29) is 0 Å². The maximum absolute atomic E-state index is 3.70. The quantitative estimate of drug-likeness (QED) is 0.405. The summed E-state index contributed by atoms with van der Waals surface area (Å²) >= 11 is 1.93. The Hall–Kier alpha value is -2.16. The van der Waals surface area contributed by atoms with Crippen LogP contribution in [0.15, 0.2) is 72.8 Å². The average Bonchev–Trinajstić information content (AvgIpc) is 3.15. The summed E-state index contributed by atoms with van der Waals surface area (Å²) in [6.45, 7) is 3.31. The minimum atomic E-state index is 0.377. The largest absolute Gasteiger partial charge is 0.310 e. The van der Waals surface area contributed by atoms with Gasteiger partial charge in [0.05, 0.1) is 0 Å². The van der Waals surface area contributed by atoms with Crippen molar-refractivity contribution >= 4 is 21.4 Å². The Bertz CT molecular complexity index is 906. The van der Waals surface area contributed by atoms with Gasteiger partial charge in [0.15, 0.2) is 0 Å². The molecule has 4 rings (SSSR count). The van der Waals surface area contributed by atoms with Crippen LogP contribution in [0.4, 0.5) is 0 Å². The fourth-order valence-corrected chi connectivity index (χ4v) is 4.57. The molecule has 1 atom stereocenters. The molecule has 2 aliphatic rings. The summed E-state index contributed by atoms with van der Waals surface area (Å²) in [5.41, 5.74) is 4.07. The number of hydrogen-bond acceptors (Lipinski definition) is 2. The second-order valence-corrected chi connectivity index (χ2v) is 7.77. The van der Waals surface area contributed by atoms with E-state index in [2.05, 4.69) is 85.0 Å². The Labute approximate surface area is 153 Å². The molecule has 0 bridgehead atoms. The van der Waals surface area contributed by atoms with Gasteiger partial charge in [-0.05, 0) is 60.5 Å². The highest BCUT2D eigenvalue weighted by Gasteiger charge is 2.13. The molecule has 1 aromatic carbocycles. The monoisotopic (exact) mass is 345 g/mol. The Morgan fingerprint density at radius 3 is 2.68 bits per heavy atom. The number of hydrogen-bond donors (Lipinski definition) is 1. The molecule has 1 unspecified atom stereocenters. The van der Waals surface area contributed by atoms with Gasteiger partial charge in [-0.25, -0.2) is 0 Å². The molecule has 126 valence electrons. The predicted octanol–water partition coefficient (Wildman–Crippen LogP) is 6.29. The second-order valence-electron chi connectivity index (χ2n) is 6.60. The van der Waals surface area contributed by atoms with Gasteiger partial charge in [0.25, 0.3) is 0 Å². The molecule has 1 aromatic heterocycles. The lowest BCUT2D eigenvalue weighted by molar-refractivity contribution is 0.561. The lowest BCUT2D eigenvalue weighted by Gasteiger charge is -2.14. The number of nitrogens with one attached hydrogen (secondary N) is 1. The predicted molar refractivity (Wildman–Crippen MR) is 110 cm³/mol. The average molecular weight is 346 g/mol. The number of rotatable bonds is 6. The number of benzene rings is 1. The maximum atomic E-state index is 3.70. The summed E-state index contributed by atoms with van der Waals surface area (Å²) in [7, 11) is 0. The van der Waals surface area contributed by atoms with E-state index in [1.54, 1.807) is 0 Å². The van der Waals surface area contributed by atoms with Crippen molar-refractivity contribution in [2.75, 3.05) is 6.54 Å². The Morgan fingerprint density at radius 2 is 1.76 bits per heavy atom. The zero-order chi connectivity index (χ0) is 17.1. The summed E-state index contributed by atoms with van der Waals surface area (Å²) in [4.78, 5) is 1.49. The molecule has 1 N–H and O–H groups in total. The SMILES string of the molecule is CC(NCCCc1cc2ccccc2s1)c1ccc2cccccc1-2. The number of aryl methyl sites for hydroxylation is 1. The minimum absolute atomic E-state index is 0.377. The van der Waals surface area contributed by atoms with E-state index >= 15 is 0 Å². The third-order valence-corrected chi connectivity index (χ3v) is 5.99. The molecule has 0 fully saturated rings. The first kappa shape index (κ1) is 16.3. The van der Waals surface area contributed by atoms with E-state index in [1.165, 1.54) is 38.1 Å². The van der Waals surface area contributed by atoms with E-state index in [0.717, 1.165) is 13.0 Å². The standard InChI is InChI=1S/C23H23NS/c1-17(21-14-13-18-8-3-2-4-11-22(18)21)24-15-7-10-20-16-19-9-5-6-12-23(19)25-20/h2-6,8-9,11-14,16-17,24H,7,10,15H2,1H3. The van der Waals surface area contributed by atoms with Crippen LogP contribution < -0.4 is 5.32 Å². The molecule has 2 aliphatic carbocycles. The topological polar surface area (TPSA) is 12.0 Å². The van der Waals surface area contributed by atoms with Crippen molar-refractivity contribution in [1.29, 1.82) is 0 Å². The van der Waals surface area contributed by atoms with E-state index < -0.39 is 0 Å². The van der Waals surface area contributed by atoms with Crippen LogP contribution in [0.2, 0.25) is 0 Å². The summed E-state index contributed by atoms with van der Waals surface area (Å²) in [6, 6.07) is 26.6. The lowest BCUT2D eigenvalue weighted by atomic mass is 10.0. The van der Waals surface area contributed by atoms with Crippen LogP contribution in [-0.4, -0.2) is 6.54 Å². The molecule has 0 saturated heterocycles. The van der Waals surface area contributed by atoms with Crippen LogP contribution in [0, 0.1) is 0 Å². The fourth-order valence-electron chi connectivity index (χ4n) is 3.47. The normalized spacial score (nSPS) is 12.7. The zero-order valence-corrected chi connectivity index (χ0v) is 15.4. The van der Waals surface area contributed by atoms with Crippen molar-refractivity contribution in [1.82, 2.24) is 5.32 Å². The number of thiophene rings is 1. The Balaban J connectivity index is 1.34. The van der Waals surface area contributed by atoms with E-state index in [1.807, 2.05) is 11.3 Å². The first-order chi connectivity index (χ1) is 12.3. The van der Waals surface area contributed by atoms with E-state index in [4.69, 9.17) is 0 Å². The van der Waals surface area contributed by atoms with Crippen molar-refractivity contribution in [2.45, 2.75) is 25.8 Å². The van der Waals surface area contributed by atoms with Crippen LogP contribution in [0.5, 0.6) is 0 Å². The van der Waals surface area contributed by atoms with Gasteiger partial charge in [0.1, 0.15) is 0 Å². The highest BCUT2D eigenvalue weighted by Crippen LogP contribution is 2.31. The van der Waals surface area contributed by atoms with Gasteiger partial charge >= 0.3 is 0 Å². The Kier molecular flexibility index (Phi) is 4.82. The molecule has 0 spiro atoms. The second kappa shape index (κ2) is 7.38. The van der Waals surface area contributed by atoms with Gasteiger partial charge in [-0.2, -0.15) is 0 Å². The van der Waals surface area contributed by atoms with Gasteiger partial charge in [-0.1, -0.05) is 60.7 Å². The highest BCUT2D eigenvalue weighted by atomic mass is 32.1. The summed E-state index contributed by atoms with van der Waals surface area (Å²) in [6.07, 6.45) is 2.32. The molecule has 0 saturated carbocycles. The van der Waals surface area contributed by atoms with Crippen LogP contribution in [-0.2, 0) is 6.42 Å². The van der Waals surface area contributed by atoms with Crippen LogP contribution in [0.3, 0.4) is 0 Å². The first-order valence-electron chi connectivity index (χ1n) is 9.00. The van der Waals surface area contributed by atoms with Gasteiger partial charge in [-0.3, -0.25) is 0 Å². The Morgan fingerprint density at radius 1 is 0.920 bits per heavy atom. The molecule has 1 nitrogen and oxygen atoms in total. The van der Waals surface area contributed by atoms with E-state index in [0.29, 0.717) is 6.04 Å². The first-order valence-corrected chi connectivity index (χ1v) is 9.81. The van der Waals surface area contributed by atoms with Gasteiger partial charge < -0.3 is 5.32 Å². The molecule has 2 heteroatoms. The van der Waals surface area contributed by atoms with Crippen molar-refractivity contribution in [3.05, 3.63) is 83.2 Å². The summed E-state index contributed by atoms with van der Waals surface area (Å²) in [5.74, 6) is 0. The highest BCUT2D eigenvalue weighted by molar-refractivity contribution is 7.19. The molecule has 25 heavy (non-hydrogen) atoms. The minimum Gasteiger partial charge on any atom is -0.310 e. The van der Waals surface area contributed by atoms with Crippen LogP contribution >= 0.6 is 11.3 Å². The van der Waals surface area contributed by atoms with Gasteiger partial charge in [-0.15, -0.1) is 11.3 Å². The van der Waals surface area contributed by atoms with Crippen molar-refractivity contribution in [3.8, 4) is 11.1 Å². The molecular formula is C23H23NS. The molecule has 0 radical (unpaired) electrons. The van der Waals surface area contributed by atoms with Gasteiger partial charge in [0.2, 0.25) is 0 Å². The molecule has 2 aromatic rings. The van der Waals surface area contributed by atoms with Gasteiger partial charge in [0, 0.05) is 15.6 Å². The van der Waals surface area contributed by atoms with Crippen molar-refractivity contribution < 1.29 is 0 Å². The molecule has 0 aliphatic heterocycles. The molecule has 0 amide bonds. The maximum Gasteiger partial charge on any atom is 0.0345 e. The molecule has 1 heterocycles. The molecular weight excluding hydrogens is 322 g/mol. The number of fused-ring (bicyclic) bond motifs is 2. The summed E-state index contributed by atoms with van der Waals surface area (Å²) in [5, 5.41) is 5.07. The smallest absolute Gasteiger partial charge is 0.0345 e.